The van der Waals surface area contributed by atoms with E-state index in [1.807, 2.05) is 6.92 Å². The first-order valence-corrected chi connectivity index (χ1v) is 6.37. The van der Waals surface area contributed by atoms with E-state index in [9.17, 15) is 14.9 Å². The molecule has 6 heteroatoms. The molecule has 6 nitrogen and oxygen atoms in total. The second kappa shape index (κ2) is 7.45. The van der Waals surface area contributed by atoms with Crippen LogP contribution in [0.15, 0.2) is 18.3 Å². The van der Waals surface area contributed by atoms with Gasteiger partial charge in [0.2, 0.25) is 0 Å². The molecule has 0 amide bonds. The van der Waals surface area contributed by atoms with Gasteiger partial charge in [0.15, 0.2) is 0 Å². The molecule has 1 rings (SSSR count). The van der Waals surface area contributed by atoms with Crippen LogP contribution in [0, 0.1) is 10.1 Å². The van der Waals surface area contributed by atoms with Crippen molar-refractivity contribution in [1.29, 1.82) is 0 Å². The molecule has 1 unspecified atom stereocenters. The number of carbonyl (C=O) groups is 1. The molecule has 104 valence electrons. The van der Waals surface area contributed by atoms with Crippen LogP contribution in [0.2, 0.25) is 0 Å². The van der Waals surface area contributed by atoms with Gasteiger partial charge in [0.25, 0.3) is 5.69 Å². The highest BCUT2D eigenvalue weighted by Crippen LogP contribution is 2.29. The number of ether oxygens (including phenoxy) is 1. The molecule has 0 aliphatic rings. The number of nitrogens with zero attached hydrogens (tertiary/aromatic N) is 2. The maximum absolute atomic E-state index is 11.9. The largest absolute Gasteiger partial charge is 0.465 e. The van der Waals surface area contributed by atoms with Gasteiger partial charge in [-0.3, -0.25) is 19.9 Å². The lowest BCUT2D eigenvalue weighted by Crippen LogP contribution is -2.18. The van der Waals surface area contributed by atoms with E-state index in [0.29, 0.717) is 6.42 Å². The monoisotopic (exact) mass is 266 g/mol. The minimum atomic E-state index is -0.665. The van der Waals surface area contributed by atoms with Crippen molar-refractivity contribution in [2.75, 3.05) is 6.61 Å². The summed E-state index contributed by atoms with van der Waals surface area (Å²) in [4.78, 5) is 26.4. The molecule has 0 aliphatic carbocycles. The van der Waals surface area contributed by atoms with Crippen molar-refractivity contribution < 1.29 is 14.5 Å². The van der Waals surface area contributed by atoms with Crippen LogP contribution in [0.4, 0.5) is 5.69 Å². The highest BCUT2D eigenvalue weighted by molar-refractivity contribution is 5.78. The van der Waals surface area contributed by atoms with Crippen molar-refractivity contribution in [3.63, 3.8) is 0 Å². The fourth-order valence-corrected chi connectivity index (χ4v) is 1.85. The molecule has 0 spiro atoms. The summed E-state index contributed by atoms with van der Waals surface area (Å²) in [5, 5.41) is 11.0. The Balaban J connectivity index is 3.09. The van der Waals surface area contributed by atoms with Crippen LogP contribution in [0.25, 0.3) is 0 Å². The van der Waals surface area contributed by atoms with Crippen LogP contribution in [0.1, 0.15) is 44.7 Å². The zero-order valence-corrected chi connectivity index (χ0v) is 11.2. The molecule has 0 saturated heterocycles. The van der Waals surface area contributed by atoms with E-state index in [4.69, 9.17) is 4.74 Å². The predicted octanol–water partition coefficient (Wildman–Crippen LogP) is 2.83. The molecule has 0 aliphatic heterocycles. The van der Waals surface area contributed by atoms with E-state index in [0.717, 1.165) is 12.8 Å². The quantitative estimate of drug-likeness (QED) is 0.430. The van der Waals surface area contributed by atoms with Crippen molar-refractivity contribution in [3.8, 4) is 0 Å². The number of hydrogen-bond acceptors (Lipinski definition) is 5. The third-order valence-corrected chi connectivity index (χ3v) is 2.76. The zero-order chi connectivity index (χ0) is 14.3. The summed E-state index contributed by atoms with van der Waals surface area (Å²) in [7, 11) is 0. The van der Waals surface area contributed by atoms with Crippen LogP contribution in [0.3, 0.4) is 0 Å². The van der Waals surface area contributed by atoms with Crippen LogP contribution in [-0.2, 0) is 9.53 Å². The third kappa shape index (κ3) is 4.01. The Kier molecular flexibility index (Phi) is 5.92. The fraction of sp³-hybridized carbons (Fsp3) is 0.538. The minimum absolute atomic E-state index is 0.128. The number of rotatable bonds is 7. The number of nitro groups is 1. The van der Waals surface area contributed by atoms with Gasteiger partial charge in [-0.1, -0.05) is 19.8 Å². The highest BCUT2D eigenvalue weighted by Gasteiger charge is 2.29. The van der Waals surface area contributed by atoms with Gasteiger partial charge in [-0.15, -0.1) is 0 Å². The molecule has 19 heavy (non-hydrogen) atoms. The summed E-state index contributed by atoms with van der Waals surface area (Å²) < 4.78 is 4.99. The SMILES string of the molecule is CCCCC(C(=O)OCC)c1ncccc1[N+](=O)[O-]. The summed E-state index contributed by atoms with van der Waals surface area (Å²) in [6, 6.07) is 2.85. The number of hydrogen-bond donors (Lipinski definition) is 0. The summed E-state index contributed by atoms with van der Waals surface area (Å²) in [6.07, 6.45) is 3.65. The minimum Gasteiger partial charge on any atom is -0.465 e. The fourth-order valence-electron chi connectivity index (χ4n) is 1.85. The lowest BCUT2D eigenvalue weighted by Gasteiger charge is -2.14. The number of unbranched alkanes of at least 4 members (excludes halogenated alkanes) is 1. The topological polar surface area (TPSA) is 82.3 Å². The van der Waals surface area contributed by atoms with E-state index in [2.05, 4.69) is 4.98 Å². The first-order chi connectivity index (χ1) is 9.11. The second-order valence-corrected chi connectivity index (χ2v) is 4.11. The molecule has 0 aromatic carbocycles. The molecular formula is C13H18N2O4. The summed E-state index contributed by atoms with van der Waals surface area (Å²) in [5.74, 6) is -1.11. The van der Waals surface area contributed by atoms with Crippen LogP contribution in [-0.4, -0.2) is 22.5 Å². The van der Waals surface area contributed by atoms with Gasteiger partial charge in [0.1, 0.15) is 11.6 Å². The Morgan fingerprint density at radius 3 is 2.84 bits per heavy atom. The molecule has 0 saturated carbocycles. The maximum Gasteiger partial charge on any atom is 0.315 e. The Bertz CT molecular complexity index is 448. The Hall–Kier alpha value is -1.98. The average Bonchev–Trinajstić information content (AvgIpc) is 2.40. The standard InChI is InChI=1S/C13H18N2O4/c1-3-5-7-10(13(16)19-4-2)12-11(15(17)18)8-6-9-14-12/h6,8-10H,3-5,7H2,1-2H3. The molecule has 1 atom stereocenters. The van der Waals surface area contributed by atoms with Crippen LogP contribution in [0.5, 0.6) is 0 Å². The summed E-state index contributed by atoms with van der Waals surface area (Å²) >= 11 is 0. The number of aromatic nitrogens is 1. The van der Waals surface area contributed by atoms with Gasteiger partial charge < -0.3 is 4.74 Å². The van der Waals surface area contributed by atoms with Crippen LogP contribution >= 0.6 is 0 Å². The first kappa shape index (κ1) is 15.1. The van der Waals surface area contributed by atoms with Gasteiger partial charge in [0, 0.05) is 12.3 Å². The smallest absolute Gasteiger partial charge is 0.315 e. The number of pyridine rings is 1. The van der Waals surface area contributed by atoms with E-state index in [1.54, 1.807) is 6.92 Å². The molecule has 1 aromatic rings. The van der Waals surface area contributed by atoms with Crippen molar-refractivity contribution in [2.24, 2.45) is 0 Å². The first-order valence-electron chi connectivity index (χ1n) is 6.37. The molecule has 0 bridgehead atoms. The normalized spacial score (nSPS) is 11.9. The van der Waals surface area contributed by atoms with Gasteiger partial charge in [0.05, 0.1) is 11.5 Å². The predicted molar refractivity (Wildman–Crippen MR) is 69.8 cm³/mol. The summed E-state index contributed by atoms with van der Waals surface area (Å²) in [6.45, 7) is 3.96. The van der Waals surface area contributed by atoms with E-state index in [1.165, 1.54) is 18.3 Å². The highest BCUT2D eigenvalue weighted by atomic mass is 16.6. The summed E-state index contributed by atoms with van der Waals surface area (Å²) in [5.41, 5.74) is 0.0658. The van der Waals surface area contributed by atoms with Gasteiger partial charge in [-0.05, 0) is 19.4 Å². The molecule has 0 N–H and O–H groups in total. The Labute approximate surface area is 111 Å². The molecular weight excluding hydrogens is 248 g/mol. The zero-order valence-electron chi connectivity index (χ0n) is 11.2. The second-order valence-electron chi connectivity index (χ2n) is 4.11. The van der Waals surface area contributed by atoms with E-state index >= 15 is 0 Å². The Morgan fingerprint density at radius 1 is 1.53 bits per heavy atom. The van der Waals surface area contributed by atoms with Crippen molar-refractivity contribution in [1.82, 2.24) is 4.98 Å². The van der Waals surface area contributed by atoms with Crippen molar-refractivity contribution in [2.45, 2.75) is 39.0 Å². The van der Waals surface area contributed by atoms with Gasteiger partial charge in [-0.2, -0.15) is 0 Å². The lowest BCUT2D eigenvalue weighted by molar-refractivity contribution is -0.386. The van der Waals surface area contributed by atoms with Crippen LogP contribution < -0.4 is 0 Å². The van der Waals surface area contributed by atoms with Crippen molar-refractivity contribution in [3.05, 3.63) is 34.1 Å². The van der Waals surface area contributed by atoms with Gasteiger partial charge in [-0.25, -0.2) is 0 Å². The average molecular weight is 266 g/mol. The third-order valence-electron chi connectivity index (χ3n) is 2.76. The number of carbonyl (C=O) groups excluding carboxylic acids is 1. The molecule has 0 fully saturated rings. The molecule has 0 radical (unpaired) electrons. The molecule has 1 aromatic heterocycles. The van der Waals surface area contributed by atoms with Gasteiger partial charge >= 0.3 is 5.97 Å². The molecule has 1 heterocycles. The lowest BCUT2D eigenvalue weighted by atomic mass is 9.97. The van der Waals surface area contributed by atoms with Crippen molar-refractivity contribution >= 4 is 11.7 Å². The number of esters is 1. The maximum atomic E-state index is 11.9. The van der Waals surface area contributed by atoms with E-state index in [-0.39, 0.29) is 18.0 Å². The van der Waals surface area contributed by atoms with E-state index < -0.39 is 16.8 Å². The Morgan fingerprint density at radius 2 is 2.26 bits per heavy atom.